The van der Waals surface area contributed by atoms with Crippen LogP contribution >= 0.6 is 14.5 Å². The van der Waals surface area contributed by atoms with Crippen LogP contribution < -0.4 is 21.2 Å². The van der Waals surface area contributed by atoms with Crippen molar-refractivity contribution in [2.75, 3.05) is 6.54 Å². The summed E-state index contributed by atoms with van der Waals surface area (Å²) >= 11 is 0. The average molecular weight is 836 g/mol. The Morgan fingerprint density at radius 3 is 1.26 bits per heavy atom. The molecule has 0 aromatic heterocycles. The van der Waals surface area contributed by atoms with Crippen LogP contribution in [0.4, 0.5) is 0 Å². The van der Waals surface area contributed by atoms with E-state index in [0.29, 0.717) is 0 Å². The maximum absolute atomic E-state index is 3.69. The predicted octanol–water partition coefficient (Wildman–Crippen LogP) is 10.2. The standard InChI is InChI=1S/C27H23P2.C10H19N.C5H9N.Os/c1-5-13-24(14-6-1)28(25-15-7-2-8-16-25)21-22-29(23-28,26-17-9-3-10-18-26)27-19-11-4-12-20-27;1-5-9-11(8-4)10(6-2)7-3;1-3-4-5-6-2;/h1-23H;5,9H,1,6-8H2,2-4H3;4-5H,2-3H2,1H3;/q+1;;;+2/b;;5-4-;. The topological polar surface area (TPSA) is 15.4 Å². The van der Waals surface area contributed by atoms with Gasteiger partial charge in [0, 0.05) is 38.9 Å². The Morgan fingerprint density at radius 2 is 1.02 bits per heavy atom. The third-order valence-corrected chi connectivity index (χ3v) is 16.9. The van der Waals surface area contributed by atoms with Crippen molar-refractivity contribution in [1.29, 1.82) is 0 Å². The molecule has 0 bridgehead atoms. The molecule has 0 aliphatic carbocycles. The zero-order valence-corrected chi connectivity index (χ0v) is 32.8. The maximum Gasteiger partial charge on any atom is 2.00 e. The molecule has 47 heavy (non-hydrogen) atoms. The molecule has 1 heterocycles. The molecule has 2 nitrogen and oxygen atoms in total. The molecule has 0 amide bonds. The third-order valence-electron chi connectivity index (χ3n) is 7.93. The second-order valence-electron chi connectivity index (χ2n) is 10.7. The van der Waals surface area contributed by atoms with E-state index in [1.807, 2.05) is 18.4 Å². The number of hydrogen-bond acceptors (Lipinski definition) is 1. The molecule has 4 aromatic carbocycles. The number of benzene rings is 4. The SMILES string of the molecule is C1=C[P+](c2ccccc2)(c2ccccc2)[CH-][P+]1(c1ccccc1)c1ccccc1.C=CC=[N+](CC)[C-](CC)CC.C=N/C=C\CC.[Os+2]. The average Bonchev–Trinajstić information content (AvgIpc) is 3.56. The smallest absolute Gasteiger partial charge is 0.363 e. The molecule has 0 fully saturated rings. The van der Waals surface area contributed by atoms with E-state index in [-0.39, 0.29) is 19.8 Å². The molecular formula is C42H51N2OsP2+3. The van der Waals surface area contributed by atoms with E-state index in [1.165, 1.54) is 27.3 Å². The molecule has 0 spiro atoms. The van der Waals surface area contributed by atoms with Gasteiger partial charge in [0.05, 0.1) is 32.9 Å². The first kappa shape index (κ1) is 40.0. The summed E-state index contributed by atoms with van der Waals surface area (Å²) in [6.07, 6.45) is 10.8. The Hall–Kier alpha value is -3.19. The summed E-state index contributed by atoms with van der Waals surface area (Å²) in [5.74, 6) is 7.84. The van der Waals surface area contributed by atoms with Gasteiger partial charge in [0.2, 0.25) is 0 Å². The molecule has 0 N–H and O–H groups in total. The van der Waals surface area contributed by atoms with Crippen LogP contribution in [0, 0.1) is 11.9 Å². The van der Waals surface area contributed by atoms with Gasteiger partial charge >= 0.3 is 19.8 Å². The minimum Gasteiger partial charge on any atom is -0.363 e. The van der Waals surface area contributed by atoms with Crippen LogP contribution in [0.25, 0.3) is 0 Å². The molecule has 1 aliphatic rings. The van der Waals surface area contributed by atoms with E-state index in [9.17, 15) is 0 Å². The molecule has 0 atom stereocenters. The molecule has 244 valence electrons. The van der Waals surface area contributed by atoms with Crippen LogP contribution in [0.3, 0.4) is 0 Å². The number of rotatable bonds is 11. The normalized spacial score (nSPS) is 14.1. The minimum atomic E-state index is -1.76. The zero-order chi connectivity index (χ0) is 33.1. The Bertz CT molecular complexity index is 1360. The number of aliphatic imine (C=N–C) groups is 1. The van der Waals surface area contributed by atoms with Crippen LogP contribution in [0.1, 0.15) is 47.0 Å². The van der Waals surface area contributed by atoms with Gasteiger partial charge in [0.15, 0.2) is 0 Å². The largest absolute Gasteiger partial charge is 2.00 e. The van der Waals surface area contributed by atoms with Gasteiger partial charge in [-0.2, -0.15) is 0 Å². The van der Waals surface area contributed by atoms with Crippen molar-refractivity contribution in [2.24, 2.45) is 4.99 Å². The molecule has 0 radical (unpaired) electrons. The first-order chi connectivity index (χ1) is 22.5. The van der Waals surface area contributed by atoms with Crippen LogP contribution in [0.2, 0.25) is 0 Å². The minimum absolute atomic E-state index is 0. The number of nitrogens with zero attached hydrogens (tertiary/aromatic N) is 2. The van der Waals surface area contributed by atoms with E-state index in [0.717, 1.165) is 25.8 Å². The first-order valence-corrected chi connectivity index (χ1v) is 20.1. The monoisotopic (exact) mass is 837 g/mol. The van der Waals surface area contributed by atoms with Crippen molar-refractivity contribution in [1.82, 2.24) is 0 Å². The van der Waals surface area contributed by atoms with Crippen LogP contribution in [-0.4, -0.2) is 24.1 Å². The summed E-state index contributed by atoms with van der Waals surface area (Å²) in [7, 11) is -3.52. The second kappa shape index (κ2) is 21.6. The number of allylic oxidation sites excluding steroid dienone is 2. The van der Waals surface area contributed by atoms with Gasteiger partial charge in [0.25, 0.3) is 0 Å². The third kappa shape index (κ3) is 10.7. The van der Waals surface area contributed by atoms with E-state index in [2.05, 4.69) is 189 Å². The fourth-order valence-corrected chi connectivity index (χ4v) is 16.3. The summed E-state index contributed by atoms with van der Waals surface area (Å²) in [6.45, 7) is 16.6. The molecular weight excluding hydrogens is 785 g/mol. The molecule has 0 unspecified atom stereocenters. The summed E-state index contributed by atoms with van der Waals surface area (Å²) in [6, 6.07) is 45.7. The fraction of sp³-hybridized carbons (Fsp3) is 0.190. The summed E-state index contributed by atoms with van der Waals surface area (Å²) in [5.41, 5.74) is 0. The van der Waals surface area contributed by atoms with Gasteiger partial charge in [0.1, 0.15) is 6.54 Å². The zero-order valence-electron chi connectivity index (χ0n) is 28.5. The summed E-state index contributed by atoms with van der Waals surface area (Å²) in [4.78, 5) is 3.49. The van der Waals surface area contributed by atoms with Gasteiger partial charge in [-0.05, 0) is 81.4 Å². The summed E-state index contributed by atoms with van der Waals surface area (Å²) < 4.78 is 2.26. The van der Waals surface area contributed by atoms with Gasteiger partial charge in [-0.1, -0.05) is 106 Å². The van der Waals surface area contributed by atoms with E-state index in [4.69, 9.17) is 0 Å². The van der Waals surface area contributed by atoms with Gasteiger partial charge in [-0.15, -0.1) is 6.58 Å². The first-order valence-electron chi connectivity index (χ1n) is 16.3. The Morgan fingerprint density at radius 1 is 0.660 bits per heavy atom. The van der Waals surface area contributed by atoms with Crippen LogP contribution in [0.5, 0.6) is 0 Å². The van der Waals surface area contributed by atoms with Gasteiger partial charge < -0.3 is 4.58 Å². The van der Waals surface area contributed by atoms with E-state index in [1.54, 1.807) is 6.20 Å². The van der Waals surface area contributed by atoms with E-state index < -0.39 is 14.5 Å². The van der Waals surface area contributed by atoms with Crippen molar-refractivity contribution in [3.05, 3.63) is 170 Å². The Kier molecular flexibility index (Phi) is 18.4. The molecule has 5 heteroatoms. The molecule has 1 aliphatic heterocycles. The quantitative estimate of drug-likeness (QED) is 0.0619. The molecule has 5 rings (SSSR count). The second-order valence-corrected chi connectivity index (χ2v) is 17.4. The summed E-state index contributed by atoms with van der Waals surface area (Å²) in [5, 5.41) is 5.71. The van der Waals surface area contributed by atoms with Crippen molar-refractivity contribution < 1.29 is 24.4 Å². The van der Waals surface area contributed by atoms with E-state index >= 15 is 0 Å². The fourth-order valence-electron chi connectivity index (χ4n) is 5.58. The molecule has 0 saturated carbocycles. The van der Waals surface area contributed by atoms with Crippen LogP contribution in [0.15, 0.2) is 163 Å². The maximum atomic E-state index is 3.69. The Balaban J connectivity index is 0.000000357. The Labute approximate surface area is 299 Å². The van der Waals surface area contributed by atoms with Crippen molar-refractivity contribution >= 4 is 48.7 Å². The predicted molar refractivity (Wildman–Crippen MR) is 211 cm³/mol. The number of hydrogen-bond donors (Lipinski definition) is 0. The van der Waals surface area contributed by atoms with Crippen molar-refractivity contribution in [3.63, 3.8) is 0 Å². The van der Waals surface area contributed by atoms with Gasteiger partial charge in [-0.25, -0.2) is 0 Å². The van der Waals surface area contributed by atoms with Gasteiger partial charge in [-0.3, -0.25) is 4.99 Å². The van der Waals surface area contributed by atoms with Crippen molar-refractivity contribution in [3.8, 4) is 0 Å². The van der Waals surface area contributed by atoms with Crippen LogP contribution in [-0.2, 0) is 19.8 Å². The molecule has 0 saturated heterocycles. The molecule has 4 aromatic rings. The van der Waals surface area contributed by atoms with Crippen molar-refractivity contribution in [2.45, 2.75) is 47.0 Å².